The van der Waals surface area contributed by atoms with Gasteiger partial charge in [0.15, 0.2) is 0 Å². The number of rotatable bonds is 2. The molecule has 0 atom stereocenters. The first-order chi connectivity index (χ1) is 11.1. The molecule has 23 heavy (non-hydrogen) atoms. The molecule has 0 aliphatic heterocycles. The third kappa shape index (κ3) is 2.36. The van der Waals surface area contributed by atoms with E-state index in [0.717, 1.165) is 32.0 Å². The molecule has 114 valence electrons. The standard InChI is InChI=1S/C16H12ClN5S/c1-22-8-21-13(9-2-4-10(17)5-3-9)14(22)12-6-11-15(18)19-7-20-16(11)23-12/h2-8H,1H3,(H2,18,19,20). The van der Waals surface area contributed by atoms with Crippen molar-refractivity contribution in [3.63, 3.8) is 0 Å². The quantitative estimate of drug-likeness (QED) is 0.598. The first-order valence-corrected chi connectivity index (χ1v) is 8.10. The van der Waals surface area contributed by atoms with E-state index in [0.29, 0.717) is 10.8 Å². The molecule has 0 aliphatic rings. The van der Waals surface area contributed by atoms with E-state index in [1.807, 2.05) is 41.9 Å². The molecule has 0 fully saturated rings. The van der Waals surface area contributed by atoms with Crippen LogP contribution in [0.5, 0.6) is 0 Å². The first kappa shape index (κ1) is 14.2. The summed E-state index contributed by atoms with van der Waals surface area (Å²) < 4.78 is 2.00. The van der Waals surface area contributed by atoms with Crippen LogP contribution in [0.15, 0.2) is 43.0 Å². The molecular weight excluding hydrogens is 330 g/mol. The molecule has 0 spiro atoms. The lowest BCUT2D eigenvalue weighted by molar-refractivity contribution is 0.924. The number of halogens is 1. The van der Waals surface area contributed by atoms with E-state index in [9.17, 15) is 0 Å². The van der Waals surface area contributed by atoms with Gasteiger partial charge in [0.1, 0.15) is 17.0 Å². The summed E-state index contributed by atoms with van der Waals surface area (Å²) in [5.41, 5.74) is 8.89. The van der Waals surface area contributed by atoms with Gasteiger partial charge in [0, 0.05) is 17.6 Å². The number of hydrogen-bond donors (Lipinski definition) is 1. The first-order valence-electron chi connectivity index (χ1n) is 6.91. The zero-order valence-electron chi connectivity index (χ0n) is 12.2. The summed E-state index contributed by atoms with van der Waals surface area (Å²) in [4.78, 5) is 14.8. The summed E-state index contributed by atoms with van der Waals surface area (Å²) in [5, 5.41) is 1.58. The van der Waals surface area contributed by atoms with Crippen LogP contribution >= 0.6 is 22.9 Å². The van der Waals surface area contributed by atoms with Crippen LogP contribution in [0.2, 0.25) is 5.02 Å². The van der Waals surface area contributed by atoms with E-state index in [4.69, 9.17) is 17.3 Å². The molecule has 3 aromatic heterocycles. The van der Waals surface area contributed by atoms with Gasteiger partial charge in [0.25, 0.3) is 0 Å². The second kappa shape index (κ2) is 5.33. The van der Waals surface area contributed by atoms with E-state index in [2.05, 4.69) is 15.0 Å². The highest BCUT2D eigenvalue weighted by molar-refractivity contribution is 7.21. The summed E-state index contributed by atoms with van der Waals surface area (Å²) in [6.07, 6.45) is 3.29. The van der Waals surface area contributed by atoms with Crippen molar-refractivity contribution >= 4 is 39.0 Å². The minimum absolute atomic E-state index is 0.493. The lowest BCUT2D eigenvalue weighted by atomic mass is 10.1. The van der Waals surface area contributed by atoms with Crippen LogP contribution in [-0.2, 0) is 7.05 Å². The van der Waals surface area contributed by atoms with Gasteiger partial charge in [-0.2, -0.15) is 0 Å². The number of aryl methyl sites for hydroxylation is 1. The van der Waals surface area contributed by atoms with E-state index in [1.165, 1.54) is 6.33 Å². The Labute approximate surface area is 141 Å². The molecule has 0 bridgehead atoms. The molecule has 0 saturated carbocycles. The molecular formula is C16H12ClN5S. The van der Waals surface area contributed by atoms with Crippen LogP contribution in [0, 0.1) is 0 Å². The maximum Gasteiger partial charge on any atom is 0.135 e. The van der Waals surface area contributed by atoms with Gasteiger partial charge in [-0.3, -0.25) is 0 Å². The lowest BCUT2D eigenvalue weighted by Gasteiger charge is -2.04. The van der Waals surface area contributed by atoms with Crippen molar-refractivity contribution < 1.29 is 0 Å². The van der Waals surface area contributed by atoms with Crippen molar-refractivity contribution in [1.82, 2.24) is 19.5 Å². The van der Waals surface area contributed by atoms with Gasteiger partial charge in [0.2, 0.25) is 0 Å². The fraction of sp³-hybridized carbons (Fsp3) is 0.0625. The Hall–Kier alpha value is -2.44. The van der Waals surface area contributed by atoms with Crippen LogP contribution in [0.1, 0.15) is 0 Å². The van der Waals surface area contributed by atoms with E-state index >= 15 is 0 Å². The van der Waals surface area contributed by atoms with Gasteiger partial charge in [-0.15, -0.1) is 11.3 Å². The molecule has 4 rings (SSSR count). The van der Waals surface area contributed by atoms with Crippen molar-refractivity contribution in [2.75, 3.05) is 5.73 Å². The summed E-state index contributed by atoms with van der Waals surface area (Å²) in [7, 11) is 1.97. The summed E-state index contributed by atoms with van der Waals surface area (Å²) in [5.74, 6) is 0.493. The second-order valence-electron chi connectivity index (χ2n) is 5.15. The normalized spacial score (nSPS) is 11.2. The van der Waals surface area contributed by atoms with Crippen molar-refractivity contribution in [2.45, 2.75) is 0 Å². The number of hydrogen-bond acceptors (Lipinski definition) is 5. The molecule has 3 heterocycles. The maximum absolute atomic E-state index is 5.98. The Morgan fingerprint density at radius 2 is 1.91 bits per heavy atom. The minimum atomic E-state index is 0.493. The Morgan fingerprint density at radius 1 is 1.13 bits per heavy atom. The second-order valence-corrected chi connectivity index (χ2v) is 6.62. The van der Waals surface area contributed by atoms with E-state index in [-0.39, 0.29) is 0 Å². The van der Waals surface area contributed by atoms with Gasteiger partial charge in [-0.1, -0.05) is 23.7 Å². The zero-order valence-corrected chi connectivity index (χ0v) is 13.8. The molecule has 0 unspecified atom stereocenters. The fourth-order valence-corrected chi connectivity index (χ4v) is 3.75. The van der Waals surface area contributed by atoms with Crippen LogP contribution in [0.3, 0.4) is 0 Å². The highest BCUT2D eigenvalue weighted by atomic mass is 35.5. The zero-order chi connectivity index (χ0) is 16.0. The lowest BCUT2D eigenvalue weighted by Crippen LogP contribution is -1.90. The Balaban J connectivity index is 1.92. The summed E-state index contributed by atoms with van der Waals surface area (Å²) in [6, 6.07) is 9.69. The smallest absolute Gasteiger partial charge is 0.135 e. The SMILES string of the molecule is Cn1cnc(-c2ccc(Cl)cc2)c1-c1cc2c(N)ncnc2s1. The van der Waals surface area contributed by atoms with Crippen LogP contribution in [0.4, 0.5) is 5.82 Å². The molecule has 7 heteroatoms. The summed E-state index contributed by atoms with van der Waals surface area (Å²) >= 11 is 7.56. The molecule has 0 radical (unpaired) electrons. The number of nitrogens with two attached hydrogens (primary N) is 1. The van der Waals surface area contributed by atoms with Crippen molar-refractivity contribution in [1.29, 1.82) is 0 Å². The van der Waals surface area contributed by atoms with Gasteiger partial charge in [0.05, 0.1) is 28.0 Å². The number of benzene rings is 1. The monoisotopic (exact) mass is 341 g/mol. The number of thiophene rings is 1. The Morgan fingerprint density at radius 3 is 2.65 bits per heavy atom. The number of imidazole rings is 1. The highest BCUT2D eigenvalue weighted by Crippen LogP contribution is 2.38. The van der Waals surface area contributed by atoms with E-state index < -0.39 is 0 Å². The maximum atomic E-state index is 5.98. The van der Waals surface area contributed by atoms with Gasteiger partial charge in [-0.25, -0.2) is 15.0 Å². The molecule has 2 N–H and O–H groups in total. The molecule has 5 nitrogen and oxygen atoms in total. The third-order valence-electron chi connectivity index (χ3n) is 3.65. The largest absolute Gasteiger partial charge is 0.383 e. The number of anilines is 1. The van der Waals surface area contributed by atoms with Crippen molar-refractivity contribution in [2.24, 2.45) is 7.05 Å². The molecule has 1 aromatic carbocycles. The Bertz CT molecular complexity index is 1000. The number of nitrogens with zero attached hydrogens (tertiary/aromatic N) is 4. The van der Waals surface area contributed by atoms with Crippen LogP contribution in [-0.4, -0.2) is 19.5 Å². The fourth-order valence-electron chi connectivity index (χ4n) is 2.53. The number of fused-ring (bicyclic) bond motifs is 1. The Kier molecular flexibility index (Phi) is 3.28. The molecule has 0 saturated heterocycles. The van der Waals surface area contributed by atoms with Crippen LogP contribution in [0.25, 0.3) is 32.0 Å². The molecule has 0 aliphatic carbocycles. The molecule has 4 aromatic rings. The summed E-state index contributed by atoms with van der Waals surface area (Å²) in [6.45, 7) is 0. The topological polar surface area (TPSA) is 69.6 Å². The predicted octanol–water partition coefficient (Wildman–Crippen LogP) is 3.99. The highest BCUT2D eigenvalue weighted by Gasteiger charge is 2.17. The number of nitrogen functional groups attached to an aromatic ring is 1. The molecule has 0 amide bonds. The average Bonchev–Trinajstić information content (AvgIpc) is 3.12. The van der Waals surface area contributed by atoms with Crippen molar-refractivity contribution in [3.8, 4) is 21.8 Å². The van der Waals surface area contributed by atoms with Crippen LogP contribution < -0.4 is 5.73 Å². The predicted molar refractivity (Wildman–Crippen MR) is 94.5 cm³/mol. The number of aromatic nitrogens is 4. The van der Waals surface area contributed by atoms with E-state index in [1.54, 1.807) is 17.7 Å². The van der Waals surface area contributed by atoms with Gasteiger partial charge >= 0.3 is 0 Å². The van der Waals surface area contributed by atoms with Crippen molar-refractivity contribution in [3.05, 3.63) is 48.0 Å². The third-order valence-corrected chi connectivity index (χ3v) is 4.95. The minimum Gasteiger partial charge on any atom is -0.383 e. The average molecular weight is 342 g/mol. The van der Waals surface area contributed by atoms with Gasteiger partial charge in [-0.05, 0) is 18.2 Å². The van der Waals surface area contributed by atoms with Gasteiger partial charge < -0.3 is 10.3 Å².